The van der Waals surface area contributed by atoms with Crippen LogP contribution in [0.2, 0.25) is 0 Å². The number of nitrogens with zero attached hydrogens (tertiary/aromatic N) is 2. The molecular formula is C12H12N2O4. The Labute approximate surface area is 104 Å². The average Bonchev–Trinajstić information content (AvgIpc) is 2.80. The van der Waals surface area contributed by atoms with Gasteiger partial charge < -0.3 is 14.0 Å². The van der Waals surface area contributed by atoms with E-state index >= 15 is 0 Å². The zero-order valence-corrected chi connectivity index (χ0v) is 10.3. The van der Waals surface area contributed by atoms with Gasteiger partial charge in [-0.05, 0) is 13.0 Å². The van der Waals surface area contributed by atoms with Crippen molar-refractivity contribution in [1.82, 2.24) is 10.1 Å². The molecule has 0 bridgehead atoms. The lowest BCUT2D eigenvalue weighted by Gasteiger charge is -2.02. The fourth-order valence-electron chi connectivity index (χ4n) is 1.55. The third-order valence-electron chi connectivity index (χ3n) is 2.43. The second-order valence-corrected chi connectivity index (χ2v) is 3.52. The number of rotatable bonds is 3. The number of hydrogen-bond donors (Lipinski definition) is 0. The van der Waals surface area contributed by atoms with Crippen molar-refractivity contribution in [3.05, 3.63) is 29.5 Å². The average molecular weight is 248 g/mol. The second-order valence-electron chi connectivity index (χ2n) is 3.52. The predicted octanol–water partition coefficient (Wildman–Crippen LogP) is 1.84. The SMILES string of the molecule is COC(=O)c1c(-c2cccc(OC)n2)noc1C. The van der Waals surface area contributed by atoms with E-state index in [0.29, 0.717) is 23.0 Å². The molecule has 2 heterocycles. The van der Waals surface area contributed by atoms with E-state index in [-0.39, 0.29) is 5.56 Å². The standard InChI is InChI=1S/C12H12N2O4/c1-7-10(12(15)17-3)11(14-18-7)8-5-4-6-9(13-8)16-2/h4-6H,1-3H3. The Kier molecular flexibility index (Phi) is 3.27. The smallest absolute Gasteiger partial charge is 0.343 e. The highest BCUT2D eigenvalue weighted by molar-refractivity contribution is 5.96. The molecule has 0 aliphatic rings. The molecule has 0 fully saturated rings. The van der Waals surface area contributed by atoms with Gasteiger partial charge in [0.05, 0.1) is 19.9 Å². The van der Waals surface area contributed by atoms with E-state index in [1.807, 2.05) is 0 Å². The first-order valence-electron chi connectivity index (χ1n) is 5.23. The van der Waals surface area contributed by atoms with Crippen molar-refractivity contribution in [3.8, 4) is 17.3 Å². The lowest BCUT2D eigenvalue weighted by molar-refractivity contribution is 0.0599. The van der Waals surface area contributed by atoms with Gasteiger partial charge >= 0.3 is 5.97 Å². The van der Waals surface area contributed by atoms with Gasteiger partial charge in [0.25, 0.3) is 0 Å². The minimum atomic E-state index is -0.506. The van der Waals surface area contributed by atoms with E-state index in [0.717, 1.165) is 0 Å². The number of aryl methyl sites for hydroxylation is 1. The molecule has 6 heteroatoms. The molecule has 0 amide bonds. The minimum Gasteiger partial charge on any atom is -0.481 e. The van der Waals surface area contributed by atoms with Crippen LogP contribution in [-0.4, -0.2) is 30.3 Å². The molecule has 0 spiro atoms. The van der Waals surface area contributed by atoms with Crippen molar-refractivity contribution < 1.29 is 18.8 Å². The summed E-state index contributed by atoms with van der Waals surface area (Å²) >= 11 is 0. The van der Waals surface area contributed by atoms with Gasteiger partial charge in [0.15, 0.2) is 0 Å². The number of aromatic nitrogens is 2. The van der Waals surface area contributed by atoms with E-state index in [2.05, 4.69) is 10.1 Å². The zero-order valence-electron chi connectivity index (χ0n) is 10.3. The molecule has 0 saturated heterocycles. The molecule has 6 nitrogen and oxygen atoms in total. The maximum Gasteiger partial charge on any atom is 0.343 e. The van der Waals surface area contributed by atoms with Crippen LogP contribution in [-0.2, 0) is 4.74 Å². The Morgan fingerprint density at radius 1 is 1.33 bits per heavy atom. The molecule has 2 aromatic heterocycles. The molecule has 0 unspecified atom stereocenters. The largest absolute Gasteiger partial charge is 0.481 e. The maximum atomic E-state index is 11.7. The Morgan fingerprint density at radius 2 is 2.11 bits per heavy atom. The van der Waals surface area contributed by atoms with E-state index in [1.54, 1.807) is 25.1 Å². The van der Waals surface area contributed by atoms with Crippen LogP contribution in [0.25, 0.3) is 11.4 Å². The number of ether oxygens (including phenoxy) is 2. The van der Waals surface area contributed by atoms with Crippen LogP contribution >= 0.6 is 0 Å². The van der Waals surface area contributed by atoms with E-state index in [4.69, 9.17) is 14.0 Å². The third kappa shape index (κ3) is 2.04. The summed E-state index contributed by atoms with van der Waals surface area (Å²) in [4.78, 5) is 15.9. The van der Waals surface area contributed by atoms with Gasteiger partial charge in [-0.1, -0.05) is 11.2 Å². The molecule has 94 valence electrons. The summed E-state index contributed by atoms with van der Waals surface area (Å²) in [6, 6.07) is 5.17. The lowest BCUT2D eigenvalue weighted by Crippen LogP contribution is -2.04. The Morgan fingerprint density at radius 3 is 2.78 bits per heavy atom. The molecule has 0 saturated carbocycles. The molecule has 0 aliphatic carbocycles. The molecule has 0 aromatic carbocycles. The monoisotopic (exact) mass is 248 g/mol. The van der Waals surface area contributed by atoms with Crippen molar-refractivity contribution >= 4 is 5.97 Å². The summed E-state index contributed by atoms with van der Waals surface area (Å²) in [7, 11) is 2.82. The van der Waals surface area contributed by atoms with Crippen LogP contribution in [0.3, 0.4) is 0 Å². The third-order valence-corrected chi connectivity index (χ3v) is 2.43. The van der Waals surface area contributed by atoms with Crippen molar-refractivity contribution in [2.24, 2.45) is 0 Å². The molecule has 18 heavy (non-hydrogen) atoms. The Bertz CT molecular complexity index is 577. The number of methoxy groups -OCH3 is 2. The first-order chi connectivity index (χ1) is 8.67. The van der Waals surface area contributed by atoms with E-state index < -0.39 is 5.97 Å². The van der Waals surface area contributed by atoms with Crippen LogP contribution < -0.4 is 4.74 Å². The quantitative estimate of drug-likeness (QED) is 0.771. The zero-order chi connectivity index (χ0) is 13.1. The van der Waals surface area contributed by atoms with Crippen LogP contribution in [0.1, 0.15) is 16.1 Å². The highest BCUT2D eigenvalue weighted by Gasteiger charge is 2.23. The van der Waals surface area contributed by atoms with Gasteiger partial charge in [0.1, 0.15) is 17.0 Å². The van der Waals surface area contributed by atoms with Crippen LogP contribution in [0.4, 0.5) is 0 Å². The highest BCUT2D eigenvalue weighted by atomic mass is 16.5. The number of esters is 1. The van der Waals surface area contributed by atoms with Gasteiger partial charge in [-0.25, -0.2) is 9.78 Å². The summed E-state index contributed by atoms with van der Waals surface area (Å²) in [6.07, 6.45) is 0. The van der Waals surface area contributed by atoms with Gasteiger partial charge in [0, 0.05) is 6.07 Å². The number of hydrogen-bond acceptors (Lipinski definition) is 6. The van der Waals surface area contributed by atoms with Gasteiger partial charge in [-0.2, -0.15) is 0 Å². The normalized spacial score (nSPS) is 10.2. The fourth-order valence-corrected chi connectivity index (χ4v) is 1.55. The van der Waals surface area contributed by atoms with Gasteiger partial charge in [0.2, 0.25) is 5.88 Å². The first kappa shape index (κ1) is 12.1. The number of carbonyl (C=O) groups excluding carboxylic acids is 1. The van der Waals surface area contributed by atoms with Gasteiger partial charge in [-0.3, -0.25) is 0 Å². The van der Waals surface area contributed by atoms with E-state index in [9.17, 15) is 4.79 Å². The summed E-state index contributed by atoms with van der Waals surface area (Å²) in [6.45, 7) is 1.64. The van der Waals surface area contributed by atoms with E-state index in [1.165, 1.54) is 14.2 Å². The highest BCUT2D eigenvalue weighted by Crippen LogP contribution is 2.25. The van der Waals surface area contributed by atoms with Crippen LogP contribution in [0, 0.1) is 6.92 Å². The van der Waals surface area contributed by atoms with Crippen molar-refractivity contribution in [2.45, 2.75) is 6.92 Å². The molecule has 2 aromatic rings. The lowest BCUT2D eigenvalue weighted by atomic mass is 10.1. The van der Waals surface area contributed by atoms with Crippen molar-refractivity contribution in [1.29, 1.82) is 0 Å². The molecular weight excluding hydrogens is 236 g/mol. The Balaban J connectivity index is 2.53. The molecule has 0 radical (unpaired) electrons. The minimum absolute atomic E-state index is 0.276. The summed E-state index contributed by atoms with van der Waals surface area (Å²) in [5.74, 6) is 0.318. The predicted molar refractivity (Wildman–Crippen MR) is 62.4 cm³/mol. The second kappa shape index (κ2) is 4.87. The number of pyridine rings is 1. The molecule has 0 atom stereocenters. The Hall–Kier alpha value is -2.37. The van der Waals surface area contributed by atoms with Crippen molar-refractivity contribution in [3.63, 3.8) is 0 Å². The summed E-state index contributed by atoms with van der Waals surface area (Å²) in [5, 5.41) is 3.84. The van der Waals surface area contributed by atoms with Gasteiger partial charge in [-0.15, -0.1) is 0 Å². The van der Waals surface area contributed by atoms with Crippen molar-refractivity contribution in [2.75, 3.05) is 14.2 Å². The molecule has 2 rings (SSSR count). The number of carbonyl (C=O) groups is 1. The van der Waals surface area contributed by atoms with Crippen LogP contribution in [0.5, 0.6) is 5.88 Å². The molecule has 0 N–H and O–H groups in total. The summed E-state index contributed by atoms with van der Waals surface area (Å²) in [5.41, 5.74) is 1.11. The topological polar surface area (TPSA) is 74.5 Å². The fraction of sp³-hybridized carbons (Fsp3) is 0.250. The molecule has 0 aliphatic heterocycles. The first-order valence-corrected chi connectivity index (χ1v) is 5.23. The maximum absolute atomic E-state index is 11.7. The summed E-state index contributed by atoms with van der Waals surface area (Å²) < 4.78 is 14.7. The van der Waals surface area contributed by atoms with Crippen LogP contribution in [0.15, 0.2) is 22.7 Å².